The van der Waals surface area contributed by atoms with E-state index in [2.05, 4.69) is 0 Å². The molecule has 0 radical (unpaired) electrons. The molecule has 92 valence electrons. The van der Waals surface area contributed by atoms with Crippen LogP contribution in [-0.4, -0.2) is 4.92 Å². The molecule has 0 aromatic heterocycles. The summed E-state index contributed by atoms with van der Waals surface area (Å²) in [5.74, 6) is -1.21. The van der Waals surface area contributed by atoms with Crippen molar-refractivity contribution in [2.45, 2.75) is 0 Å². The molecule has 2 aromatic rings. The zero-order valence-corrected chi connectivity index (χ0v) is 8.97. The number of benzene rings is 2. The maximum absolute atomic E-state index is 13.5. The molecule has 0 saturated carbocycles. The summed E-state index contributed by atoms with van der Waals surface area (Å²) in [7, 11) is 0. The third-order valence-corrected chi connectivity index (χ3v) is 2.17. The van der Waals surface area contributed by atoms with Gasteiger partial charge in [0.25, 0.3) is 5.69 Å². The van der Waals surface area contributed by atoms with Crippen molar-refractivity contribution in [1.82, 2.24) is 0 Å². The molecule has 2 rings (SSSR count). The van der Waals surface area contributed by atoms with Gasteiger partial charge < -0.3 is 4.74 Å². The molecular weight excluding hydrogens is 244 g/mol. The van der Waals surface area contributed by atoms with E-state index in [1.54, 1.807) is 0 Å². The standard InChI is InChI=1S/C12H7F2NO3/c13-8-1-4-10(5-2-8)18-12-6-3-9(15(16)17)7-11(12)14/h1-7H. The molecule has 0 fully saturated rings. The minimum absolute atomic E-state index is 0.160. The van der Waals surface area contributed by atoms with Gasteiger partial charge in [-0.25, -0.2) is 8.78 Å². The predicted molar refractivity (Wildman–Crippen MR) is 59.5 cm³/mol. The molecule has 0 unspecified atom stereocenters. The smallest absolute Gasteiger partial charge is 0.272 e. The predicted octanol–water partition coefficient (Wildman–Crippen LogP) is 3.67. The van der Waals surface area contributed by atoms with Crippen molar-refractivity contribution in [2.75, 3.05) is 0 Å². The fourth-order valence-corrected chi connectivity index (χ4v) is 1.32. The molecule has 0 saturated heterocycles. The van der Waals surface area contributed by atoms with Crippen LogP contribution in [0.4, 0.5) is 14.5 Å². The monoisotopic (exact) mass is 251 g/mol. The summed E-state index contributed by atoms with van der Waals surface area (Å²) in [5, 5.41) is 10.4. The van der Waals surface area contributed by atoms with Gasteiger partial charge >= 0.3 is 0 Å². The lowest BCUT2D eigenvalue weighted by atomic mass is 10.3. The Balaban J connectivity index is 2.24. The SMILES string of the molecule is O=[N+]([O-])c1ccc(Oc2ccc(F)cc2)c(F)c1. The van der Waals surface area contributed by atoms with Crippen LogP contribution < -0.4 is 4.74 Å². The molecule has 0 aliphatic rings. The highest BCUT2D eigenvalue weighted by molar-refractivity contribution is 5.40. The Bertz CT molecular complexity index is 584. The summed E-state index contributed by atoms with van der Waals surface area (Å²) < 4.78 is 31.2. The van der Waals surface area contributed by atoms with Crippen molar-refractivity contribution in [2.24, 2.45) is 0 Å². The lowest BCUT2D eigenvalue weighted by molar-refractivity contribution is -0.385. The van der Waals surface area contributed by atoms with Gasteiger partial charge in [-0.05, 0) is 30.3 Å². The normalized spacial score (nSPS) is 10.1. The molecular formula is C12H7F2NO3. The second-order valence-electron chi connectivity index (χ2n) is 3.43. The number of ether oxygens (including phenoxy) is 1. The molecule has 0 aliphatic carbocycles. The largest absolute Gasteiger partial charge is 0.454 e. The molecule has 0 atom stereocenters. The van der Waals surface area contributed by atoms with Gasteiger partial charge in [-0.1, -0.05) is 0 Å². The van der Waals surface area contributed by atoms with Crippen LogP contribution in [0.5, 0.6) is 11.5 Å². The summed E-state index contributed by atoms with van der Waals surface area (Å²) in [5.41, 5.74) is -0.362. The quantitative estimate of drug-likeness (QED) is 0.617. The van der Waals surface area contributed by atoms with Crippen molar-refractivity contribution >= 4 is 5.69 Å². The van der Waals surface area contributed by atoms with Crippen LogP contribution in [0.1, 0.15) is 0 Å². The highest BCUT2D eigenvalue weighted by atomic mass is 19.1. The molecule has 0 aliphatic heterocycles. The molecule has 0 bridgehead atoms. The van der Waals surface area contributed by atoms with E-state index in [0.29, 0.717) is 0 Å². The van der Waals surface area contributed by atoms with Gasteiger partial charge in [-0.15, -0.1) is 0 Å². The van der Waals surface area contributed by atoms with Gasteiger partial charge in [0, 0.05) is 6.07 Å². The van der Waals surface area contributed by atoms with E-state index < -0.39 is 16.6 Å². The highest BCUT2D eigenvalue weighted by Gasteiger charge is 2.12. The van der Waals surface area contributed by atoms with Crippen LogP contribution in [0, 0.1) is 21.7 Å². The third kappa shape index (κ3) is 2.60. The Hall–Kier alpha value is -2.50. The number of non-ortho nitro benzene ring substituents is 1. The first-order valence-corrected chi connectivity index (χ1v) is 4.93. The van der Waals surface area contributed by atoms with Crippen LogP contribution in [0.25, 0.3) is 0 Å². The van der Waals surface area contributed by atoms with Gasteiger partial charge in [-0.2, -0.15) is 0 Å². The fraction of sp³-hybridized carbons (Fsp3) is 0. The maximum Gasteiger partial charge on any atom is 0.272 e. The van der Waals surface area contributed by atoms with E-state index >= 15 is 0 Å². The number of hydrogen-bond donors (Lipinski definition) is 0. The minimum atomic E-state index is -0.853. The fourth-order valence-electron chi connectivity index (χ4n) is 1.32. The van der Waals surface area contributed by atoms with Gasteiger partial charge in [0.1, 0.15) is 11.6 Å². The number of nitro groups is 1. The van der Waals surface area contributed by atoms with Crippen molar-refractivity contribution in [1.29, 1.82) is 0 Å². The Morgan fingerprint density at radius 3 is 2.28 bits per heavy atom. The Morgan fingerprint density at radius 1 is 1.06 bits per heavy atom. The average molecular weight is 251 g/mol. The Kier molecular flexibility index (Phi) is 3.18. The number of nitrogens with zero attached hydrogens (tertiary/aromatic N) is 1. The number of rotatable bonds is 3. The van der Waals surface area contributed by atoms with E-state index in [0.717, 1.165) is 18.2 Å². The zero-order chi connectivity index (χ0) is 13.1. The van der Waals surface area contributed by atoms with Gasteiger partial charge in [0.15, 0.2) is 11.6 Å². The van der Waals surface area contributed by atoms with E-state index in [1.165, 1.54) is 24.3 Å². The van der Waals surface area contributed by atoms with Crippen LogP contribution in [0.15, 0.2) is 42.5 Å². The first-order valence-electron chi connectivity index (χ1n) is 4.93. The van der Waals surface area contributed by atoms with Crippen molar-refractivity contribution < 1.29 is 18.4 Å². The first-order chi connectivity index (χ1) is 8.56. The summed E-state index contributed by atoms with van der Waals surface area (Å²) in [6.45, 7) is 0. The molecule has 6 heteroatoms. The van der Waals surface area contributed by atoms with E-state index in [9.17, 15) is 18.9 Å². The zero-order valence-electron chi connectivity index (χ0n) is 8.97. The van der Waals surface area contributed by atoms with Crippen LogP contribution in [0.2, 0.25) is 0 Å². The summed E-state index contributed by atoms with van der Waals surface area (Å²) in [4.78, 5) is 9.71. The molecule has 0 amide bonds. The van der Waals surface area contributed by atoms with Crippen molar-refractivity contribution in [3.8, 4) is 11.5 Å². The van der Waals surface area contributed by atoms with E-state index in [1.807, 2.05) is 0 Å². The van der Waals surface area contributed by atoms with Gasteiger partial charge in [0.2, 0.25) is 0 Å². The summed E-state index contributed by atoms with van der Waals surface area (Å²) in [6, 6.07) is 8.03. The lowest BCUT2D eigenvalue weighted by Crippen LogP contribution is -1.92. The first kappa shape index (κ1) is 12.0. The van der Waals surface area contributed by atoms with E-state index in [4.69, 9.17) is 4.74 Å². The molecule has 0 N–H and O–H groups in total. The minimum Gasteiger partial charge on any atom is -0.454 e. The Morgan fingerprint density at radius 2 is 1.72 bits per heavy atom. The maximum atomic E-state index is 13.5. The average Bonchev–Trinajstić information content (AvgIpc) is 2.34. The Labute approximate surface area is 101 Å². The van der Waals surface area contributed by atoms with Crippen LogP contribution >= 0.6 is 0 Å². The molecule has 18 heavy (non-hydrogen) atoms. The highest BCUT2D eigenvalue weighted by Crippen LogP contribution is 2.27. The lowest BCUT2D eigenvalue weighted by Gasteiger charge is -2.06. The molecule has 0 heterocycles. The van der Waals surface area contributed by atoms with Gasteiger partial charge in [0.05, 0.1) is 11.0 Å². The second-order valence-corrected chi connectivity index (χ2v) is 3.43. The van der Waals surface area contributed by atoms with Crippen molar-refractivity contribution in [3.63, 3.8) is 0 Å². The van der Waals surface area contributed by atoms with Crippen molar-refractivity contribution in [3.05, 3.63) is 64.2 Å². The van der Waals surface area contributed by atoms with Crippen LogP contribution in [-0.2, 0) is 0 Å². The molecule has 0 spiro atoms. The number of nitro benzene ring substituents is 1. The topological polar surface area (TPSA) is 52.4 Å². The second kappa shape index (κ2) is 4.79. The molecule has 4 nitrogen and oxygen atoms in total. The van der Waals surface area contributed by atoms with E-state index in [-0.39, 0.29) is 17.2 Å². The van der Waals surface area contributed by atoms with Crippen LogP contribution in [0.3, 0.4) is 0 Å². The molecule has 2 aromatic carbocycles. The third-order valence-electron chi connectivity index (χ3n) is 2.17. The summed E-state index contributed by atoms with van der Waals surface area (Å²) >= 11 is 0. The number of hydrogen-bond acceptors (Lipinski definition) is 3. The van der Waals surface area contributed by atoms with Gasteiger partial charge in [-0.3, -0.25) is 10.1 Å². The summed E-state index contributed by atoms with van der Waals surface area (Å²) in [6.07, 6.45) is 0. The number of halogens is 2.